The Morgan fingerprint density at radius 2 is 2.00 bits per heavy atom. The fraction of sp³-hybridized carbons (Fsp3) is 0.304. The van der Waals surface area contributed by atoms with Gasteiger partial charge in [0.25, 0.3) is 5.91 Å². The summed E-state index contributed by atoms with van der Waals surface area (Å²) >= 11 is 0. The molecule has 0 radical (unpaired) electrons. The number of H-pyrrole nitrogens is 1. The highest BCUT2D eigenvalue weighted by atomic mass is 16.7. The summed E-state index contributed by atoms with van der Waals surface area (Å²) in [6.07, 6.45) is -0.136. The van der Waals surface area contributed by atoms with E-state index in [1.54, 1.807) is 19.2 Å². The second kappa shape index (κ2) is 8.30. The number of carbonyl (C=O) groups excluding carboxylic acids is 1. The van der Waals surface area contributed by atoms with Gasteiger partial charge in [-0.1, -0.05) is 24.3 Å². The van der Waals surface area contributed by atoms with E-state index in [-0.39, 0.29) is 12.0 Å². The van der Waals surface area contributed by atoms with Crippen molar-refractivity contribution in [3.63, 3.8) is 0 Å². The molecule has 1 saturated heterocycles. The Balaban J connectivity index is 1.40. The Labute approximate surface area is 175 Å². The predicted molar refractivity (Wildman–Crippen MR) is 113 cm³/mol. The molecule has 0 bridgehead atoms. The molecule has 1 fully saturated rings. The Hall–Kier alpha value is -3.16. The zero-order valence-corrected chi connectivity index (χ0v) is 17.3. The van der Waals surface area contributed by atoms with Crippen molar-refractivity contribution >= 4 is 5.91 Å². The minimum atomic E-state index is -0.592. The monoisotopic (exact) mass is 407 g/mol. The van der Waals surface area contributed by atoms with E-state index in [0.717, 1.165) is 28.3 Å². The van der Waals surface area contributed by atoms with Gasteiger partial charge in [-0.15, -0.1) is 0 Å². The molecule has 1 amide bonds. The molecule has 4 rings (SSSR count). The summed E-state index contributed by atoms with van der Waals surface area (Å²) < 4.78 is 16.5. The van der Waals surface area contributed by atoms with Crippen molar-refractivity contribution < 1.29 is 19.0 Å². The number of ether oxygens (including phenoxy) is 3. The lowest BCUT2D eigenvalue weighted by Gasteiger charge is -2.17. The average molecular weight is 407 g/mol. The van der Waals surface area contributed by atoms with E-state index >= 15 is 0 Å². The number of hydrogen-bond acceptors (Lipinski definition) is 5. The third kappa shape index (κ3) is 4.53. The Kier molecular flexibility index (Phi) is 5.57. The maximum atomic E-state index is 12.4. The standard InChI is InChI=1S/C23H25N3O4/c1-23(2)29-14-19(30-23)13-24-22(27)16-9-7-15(8-10-16)20-12-21(26-25-20)17-5-4-6-18(11-17)28-3/h4-12,19H,13-14H2,1-3H3,(H,24,27)(H,25,26). The highest BCUT2D eigenvalue weighted by Crippen LogP contribution is 2.26. The van der Waals surface area contributed by atoms with Gasteiger partial charge in [0.15, 0.2) is 5.79 Å². The predicted octanol–water partition coefficient (Wildman–Crippen LogP) is 3.63. The van der Waals surface area contributed by atoms with Crippen LogP contribution in [0.2, 0.25) is 0 Å². The number of carbonyl (C=O) groups is 1. The van der Waals surface area contributed by atoms with Gasteiger partial charge in [-0.3, -0.25) is 9.89 Å². The van der Waals surface area contributed by atoms with Crippen LogP contribution in [0.25, 0.3) is 22.5 Å². The molecule has 0 saturated carbocycles. The molecule has 1 aromatic heterocycles. The zero-order valence-electron chi connectivity index (χ0n) is 17.3. The molecular weight excluding hydrogens is 382 g/mol. The highest BCUT2D eigenvalue weighted by molar-refractivity contribution is 5.94. The molecular formula is C23H25N3O4. The number of aromatic nitrogens is 2. The molecule has 1 atom stereocenters. The van der Waals surface area contributed by atoms with Crippen molar-refractivity contribution in [3.8, 4) is 28.3 Å². The lowest BCUT2D eigenvalue weighted by molar-refractivity contribution is -0.137. The van der Waals surface area contributed by atoms with Crippen LogP contribution in [0.1, 0.15) is 24.2 Å². The van der Waals surface area contributed by atoms with Crippen molar-refractivity contribution in [2.75, 3.05) is 20.3 Å². The van der Waals surface area contributed by atoms with Crippen molar-refractivity contribution in [1.82, 2.24) is 15.5 Å². The van der Waals surface area contributed by atoms with Gasteiger partial charge >= 0.3 is 0 Å². The zero-order chi connectivity index (χ0) is 21.1. The molecule has 2 N–H and O–H groups in total. The van der Waals surface area contributed by atoms with E-state index in [1.165, 1.54) is 0 Å². The maximum Gasteiger partial charge on any atom is 0.251 e. The molecule has 0 spiro atoms. The molecule has 2 heterocycles. The van der Waals surface area contributed by atoms with Crippen LogP contribution in [0.5, 0.6) is 5.75 Å². The second-order valence-electron chi connectivity index (χ2n) is 7.64. The first kappa shape index (κ1) is 20.1. The molecule has 0 aliphatic carbocycles. The summed E-state index contributed by atoms with van der Waals surface area (Å²) in [6, 6.07) is 17.1. The van der Waals surface area contributed by atoms with Crippen molar-refractivity contribution in [2.45, 2.75) is 25.7 Å². The SMILES string of the molecule is COc1cccc(-c2cc(-c3ccc(C(=O)NCC4COC(C)(C)O4)cc3)[nH]n2)c1. The highest BCUT2D eigenvalue weighted by Gasteiger charge is 2.32. The molecule has 3 aromatic rings. The number of nitrogens with zero attached hydrogens (tertiary/aromatic N) is 1. The summed E-state index contributed by atoms with van der Waals surface area (Å²) in [6.45, 7) is 4.61. The van der Waals surface area contributed by atoms with E-state index in [1.807, 2.05) is 56.3 Å². The van der Waals surface area contributed by atoms with Gasteiger partial charge in [-0.2, -0.15) is 5.10 Å². The first-order valence-electron chi connectivity index (χ1n) is 9.84. The second-order valence-corrected chi connectivity index (χ2v) is 7.64. The van der Waals surface area contributed by atoms with Gasteiger partial charge in [0, 0.05) is 17.7 Å². The molecule has 1 aliphatic rings. The van der Waals surface area contributed by atoms with E-state index in [2.05, 4.69) is 15.5 Å². The van der Waals surface area contributed by atoms with Crippen LogP contribution < -0.4 is 10.1 Å². The van der Waals surface area contributed by atoms with Crippen molar-refractivity contribution in [3.05, 3.63) is 60.2 Å². The van der Waals surface area contributed by atoms with Gasteiger partial charge in [0.2, 0.25) is 0 Å². The summed E-state index contributed by atoms with van der Waals surface area (Å²) in [5.74, 6) is 0.0484. The van der Waals surface area contributed by atoms with Gasteiger partial charge in [-0.05, 0) is 49.7 Å². The molecule has 156 valence electrons. The minimum absolute atomic E-state index is 0.136. The largest absolute Gasteiger partial charge is 0.497 e. The van der Waals surface area contributed by atoms with E-state index in [9.17, 15) is 4.79 Å². The van der Waals surface area contributed by atoms with Gasteiger partial charge in [0.1, 0.15) is 11.9 Å². The molecule has 7 nitrogen and oxygen atoms in total. The van der Waals surface area contributed by atoms with Crippen LogP contribution in [0.3, 0.4) is 0 Å². The van der Waals surface area contributed by atoms with Crippen molar-refractivity contribution in [2.24, 2.45) is 0 Å². The Bertz CT molecular complexity index is 1030. The molecule has 30 heavy (non-hydrogen) atoms. The van der Waals surface area contributed by atoms with Crippen LogP contribution in [0, 0.1) is 0 Å². The average Bonchev–Trinajstić information content (AvgIpc) is 3.39. The first-order valence-corrected chi connectivity index (χ1v) is 9.84. The summed E-state index contributed by atoms with van der Waals surface area (Å²) in [5, 5.41) is 10.3. The van der Waals surface area contributed by atoms with Crippen LogP contribution in [0.15, 0.2) is 54.6 Å². The topological polar surface area (TPSA) is 85.5 Å². The quantitative estimate of drug-likeness (QED) is 0.652. The Morgan fingerprint density at radius 3 is 2.70 bits per heavy atom. The van der Waals surface area contributed by atoms with Gasteiger partial charge in [0.05, 0.1) is 25.1 Å². The Morgan fingerprint density at radius 1 is 1.20 bits per heavy atom. The van der Waals surface area contributed by atoms with E-state index < -0.39 is 5.79 Å². The lowest BCUT2D eigenvalue weighted by Crippen LogP contribution is -2.34. The normalized spacial score (nSPS) is 17.6. The smallest absolute Gasteiger partial charge is 0.251 e. The maximum absolute atomic E-state index is 12.4. The van der Waals surface area contributed by atoms with Crippen LogP contribution in [0.4, 0.5) is 0 Å². The molecule has 7 heteroatoms. The molecule has 2 aromatic carbocycles. The van der Waals surface area contributed by atoms with Crippen LogP contribution in [-0.4, -0.2) is 48.3 Å². The summed E-state index contributed by atoms with van der Waals surface area (Å²) in [5.41, 5.74) is 4.20. The number of hydrogen-bond donors (Lipinski definition) is 2. The summed E-state index contributed by atoms with van der Waals surface area (Å²) in [7, 11) is 1.64. The first-order chi connectivity index (χ1) is 14.4. The number of methoxy groups -OCH3 is 1. The molecule has 1 aliphatic heterocycles. The number of nitrogens with one attached hydrogen (secondary N) is 2. The summed E-state index contributed by atoms with van der Waals surface area (Å²) in [4.78, 5) is 12.4. The number of rotatable bonds is 6. The fourth-order valence-electron chi connectivity index (χ4n) is 3.37. The third-order valence-electron chi connectivity index (χ3n) is 4.96. The van der Waals surface area contributed by atoms with E-state index in [0.29, 0.717) is 18.7 Å². The molecule has 1 unspecified atom stereocenters. The lowest BCUT2D eigenvalue weighted by atomic mass is 10.1. The van der Waals surface area contributed by atoms with Gasteiger partial charge in [-0.25, -0.2) is 0 Å². The number of amides is 1. The van der Waals surface area contributed by atoms with E-state index in [4.69, 9.17) is 14.2 Å². The van der Waals surface area contributed by atoms with Crippen LogP contribution in [-0.2, 0) is 9.47 Å². The number of aromatic amines is 1. The van der Waals surface area contributed by atoms with Crippen molar-refractivity contribution in [1.29, 1.82) is 0 Å². The number of benzene rings is 2. The van der Waals surface area contributed by atoms with Crippen LogP contribution >= 0.6 is 0 Å². The third-order valence-corrected chi connectivity index (χ3v) is 4.96. The minimum Gasteiger partial charge on any atom is -0.497 e. The fourth-order valence-corrected chi connectivity index (χ4v) is 3.37. The van der Waals surface area contributed by atoms with Gasteiger partial charge < -0.3 is 19.5 Å².